The zero-order valence-electron chi connectivity index (χ0n) is 11.1. The molecule has 0 saturated heterocycles. The van der Waals surface area contributed by atoms with Crippen LogP contribution in [-0.2, 0) is 12.4 Å². The van der Waals surface area contributed by atoms with Gasteiger partial charge in [0.2, 0.25) is 0 Å². The van der Waals surface area contributed by atoms with E-state index in [1.54, 1.807) is 0 Å². The molecule has 0 saturated carbocycles. The molecule has 1 heterocycles. The Bertz CT molecular complexity index is 536. The third kappa shape index (κ3) is 2.67. The van der Waals surface area contributed by atoms with Crippen molar-refractivity contribution in [2.45, 2.75) is 37.9 Å². The number of hydrogen-bond acceptors (Lipinski definition) is 2. The minimum absolute atomic E-state index is 0.474. The number of aromatic nitrogens is 2. The zero-order valence-corrected chi connectivity index (χ0v) is 12.7. The quantitative estimate of drug-likeness (QED) is 0.764. The van der Waals surface area contributed by atoms with Gasteiger partial charge >= 0.3 is 0 Å². The van der Waals surface area contributed by atoms with Gasteiger partial charge in [-0.1, -0.05) is 19.1 Å². The Morgan fingerprint density at radius 2 is 2.22 bits per heavy atom. The second-order valence-electron chi connectivity index (χ2n) is 4.59. The van der Waals surface area contributed by atoms with Crippen molar-refractivity contribution in [2.75, 3.05) is 6.26 Å². The van der Waals surface area contributed by atoms with Gasteiger partial charge in [-0.3, -0.25) is 0 Å². The van der Waals surface area contributed by atoms with E-state index >= 15 is 0 Å². The largest absolute Gasteiger partial charge is 0.327 e. The molecule has 1 aromatic carbocycles. The molecule has 0 aliphatic heterocycles. The average Bonchev–Trinajstić information content (AvgIpc) is 2.75. The van der Waals surface area contributed by atoms with Crippen LogP contribution in [0.2, 0.25) is 0 Å². The fourth-order valence-corrected chi connectivity index (χ4v) is 2.73. The first-order valence-electron chi connectivity index (χ1n) is 6.21. The Balaban J connectivity index is 2.40. The van der Waals surface area contributed by atoms with Crippen molar-refractivity contribution in [1.82, 2.24) is 9.55 Å². The summed E-state index contributed by atoms with van der Waals surface area (Å²) in [5, 5.41) is 0.662. The van der Waals surface area contributed by atoms with Gasteiger partial charge < -0.3 is 4.57 Å². The summed E-state index contributed by atoms with van der Waals surface area (Å²) in [7, 11) is 0. The number of alkyl halides is 1. The SMILES string of the molecule is CSC(C)CCn1c(CCl)nc2cccc(C)c21. The lowest BCUT2D eigenvalue weighted by Crippen LogP contribution is -2.08. The van der Waals surface area contributed by atoms with Gasteiger partial charge in [-0.25, -0.2) is 4.98 Å². The van der Waals surface area contributed by atoms with Crippen molar-refractivity contribution < 1.29 is 0 Å². The first kappa shape index (κ1) is 13.8. The molecule has 1 unspecified atom stereocenters. The van der Waals surface area contributed by atoms with Gasteiger partial charge in [0.05, 0.1) is 16.9 Å². The maximum Gasteiger partial charge on any atom is 0.124 e. The molecule has 0 bridgehead atoms. The predicted octanol–water partition coefficient (Wildman–Crippen LogP) is 4.23. The smallest absolute Gasteiger partial charge is 0.124 e. The first-order valence-corrected chi connectivity index (χ1v) is 8.03. The highest BCUT2D eigenvalue weighted by Crippen LogP contribution is 2.22. The summed E-state index contributed by atoms with van der Waals surface area (Å²) in [6, 6.07) is 6.25. The molecule has 0 N–H and O–H groups in total. The van der Waals surface area contributed by atoms with Crippen LogP contribution in [0.4, 0.5) is 0 Å². The number of fused-ring (bicyclic) bond motifs is 1. The number of imidazole rings is 1. The number of thioether (sulfide) groups is 1. The Morgan fingerprint density at radius 1 is 1.44 bits per heavy atom. The third-order valence-electron chi connectivity index (χ3n) is 3.33. The predicted molar refractivity (Wildman–Crippen MR) is 81.6 cm³/mol. The van der Waals surface area contributed by atoms with Crippen LogP contribution in [0, 0.1) is 6.92 Å². The van der Waals surface area contributed by atoms with Crippen LogP contribution in [-0.4, -0.2) is 21.1 Å². The molecule has 4 heteroatoms. The molecule has 2 aromatic rings. The molecule has 18 heavy (non-hydrogen) atoms. The fraction of sp³-hybridized carbons (Fsp3) is 0.500. The lowest BCUT2D eigenvalue weighted by atomic mass is 10.2. The highest BCUT2D eigenvalue weighted by atomic mass is 35.5. The summed E-state index contributed by atoms with van der Waals surface area (Å²) in [4.78, 5) is 4.62. The van der Waals surface area contributed by atoms with Crippen molar-refractivity contribution in [2.24, 2.45) is 0 Å². The topological polar surface area (TPSA) is 17.8 Å². The van der Waals surface area contributed by atoms with Crippen molar-refractivity contribution >= 4 is 34.4 Å². The number of aryl methyl sites for hydroxylation is 2. The van der Waals surface area contributed by atoms with E-state index in [1.807, 2.05) is 11.8 Å². The first-order chi connectivity index (χ1) is 8.67. The van der Waals surface area contributed by atoms with Crippen LogP contribution in [0.25, 0.3) is 11.0 Å². The van der Waals surface area contributed by atoms with Crippen LogP contribution in [0.15, 0.2) is 18.2 Å². The molecule has 0 fully saturated rings. The van der Waals surface area contributed by atoms with Crippen LogP contribution >= 0.6 is 23.4 Å². The maximum atomic E-state index is 6.02. The molecular formula is C14H19ClN2S. The summed E-state index contributed by atoms with van der Waals surface area (Å²) in [6.07, 6.45) is 3.30. The van der Waals surface area contributed by atoms with E-state index in [0.29, 0.717) is 11.1 Å². The standard InChI is InChI=1S/C14H19ClN2S/c1-10-5-4-6-12-14(10)17(13(9-15)16-12)8-7-11(2)18-3/h4-6,11H,7-9H2,1-3H3. The monoisotopic (exact) mass is 282 g/mol. The van der Waals surface area contributed by atoms with Gasteiger partial charge in [-0.2, -0.15) is 11.8 Å². The van der Waals surface area contributed by atoms with Crippen LogP contribution in [0.5, 0.6) is 0 Å². The van der Waals surface area contributed by atoms with Crippen LogP contribution in [0.3, 0.4) is 0 Å². The van der Waals surface area contributed by atoms with Gasteiger partial charge in [-0.15, -0.1) is 11.6 Å². The lowest BCUT2D eigenvalue weighted by molar-refractivity contribution is 0.635. The van der Waals surface area contributed by atoms with Crippen molar-refractivity contribution in [3.05, 3.63) is 29.6 Å². The molecular weight excluding hydrogens is 264 g/mol. The highest BCUT2D eigenvalue weighted by molar-refractivity contribution is 7.99. The second kappa shape index (κ2) is 5.98. The third-order valence-corrected chi connectivity index (χ3v) is 4.61. The Labute approximate surface area is 118 Å². The number of rotatable bonds is 5. The Hall–Kier alpha value is -0.670. The molecule has 0 spiro atoms. The number of halogens is 1. The summed E-state index contributed by atoms with van der Waals surface area (Å²) in [5.41, 5.74) is 3.57. The van der Waals surface area contributed by atoms with Crippen molar-refractivity contribution in [1.29, 1.82) is 0 Å². The van der Waals surface area contributed by atoms with Crippen LogP contribution < -0.4 is 0 Å². The fourth-order valence-electron chi connectivity index (χ4n) is 2.18. The van der Waals surface area contributed by atoms with Gasteiger partial charge in [0, 0.05) is 11.8 Å². The Morgan fingerprint density at radius 3 is 2.89 bits per heavy atom. The highest BCUT2D eigenvalue weighted by Gasteiger charge is 2.12. The summed E-state index contributed by atoms with van der Waals surface area (Å²) in [5.74, 6) is 1.45. The van der Waals surface area contributed by atoms with E-state index in [-0.39, 0.29) is 0 Å². The lowest BCUT2D eigenvalue weighted by Gasteiger charge is -2.12. The molecule has 0 amide bonds. The van der Waals surface area contributed by atoms with E-state index in [0.717, 1.165) is 24.3 Å². The molecule has 1 atom stereocenters. The zero-order chi connectivity index (χ0) is 13.1. The molecule has 2 rings (SSSR count). The summed E-state index contributed by atoms with van der Waals surface area (Å²) < 4.78 is 2.28. The number of hydrogen-bond donors (Lipinski definition) is 0. The number of para-hydroxylation sites is 1. The molecule has 2 nitrogen and oxygen atoms in total. The minimum Gasteiger partial charge on any atom is -0.327 e. The minimum atomic E-state index is 0.474. The van der Waals surface area contributed by atoms with Gasteiger partial charge in [0.1, 0.15) is 5.82 Å². The molecule has 0 aliphatic carbocycles. The Kier molecular flexibility index (Phi) is 4.57. The molecule has 0 aliphatic rings. The maximum absolute atomic E-state index is 6.02. The van der Waals surface area contributed by atoms with Gasteiger partial charge in [-0.05, 0) is 31.2 Å². The average molecular weight is 283 g/mol. The van der Waals surface area contributed by atoms with E-state index < -0.39 is 0 Å². The molecule has 0 radical (unpaired) electrons. The van der Waals surface area contributed by atoms with Crippen molar-refractivity contribution in [3.63, 3.8) is 0 Å². The summed E-state index contributed by atoms with van der Waals surface area (Å²) >= 11 is 7.92. The second-order valence-corrected chi connectivity index (χ2v) is 6.13. The van der Waals surface area contributed by atoms with E-state index in [4.69, 9.17) is 11.6 Å². The van der Waals surface area contributed by atoms with Crippen molar-refractivity contribution in [3.8, 4) is 0 Å². The van der Waals surface area contributed by atoms with Gasteiger partial charge in [0.15, 0.2) is 0 Å². The number of nitrogens with zero attached hydrogens (tertiary/aromatic N) is 2. The van der Waals surface area contributed by atoms with Gasteiger partial charge in [0.25, 0.3) is 0 Å². The molecule has 98 valence electrons. The normalized spacial score (nSPS) is 13.1. The van der Waals surface area contributed by atoms with E-state index in [2.05, 4.69) is 47.9 Å². The number of benzene rings is 1. The molecule has 1 aromatic heterocycles. The van der Waals surface area contributed by atoms with E-state index in [9.17, 15) is 0 Å². The summed E-state index contributed by atoms with van der Waals surface area (Å²) in [6.45, 7) is 5.39. The van der Waals surface area contributed by atoms with Crippen LogP contribution in [0.1, 0.15) is 24.7 Å². The van der Waals surface area contributed by atoms with E-state index in [1.165, 1.54) is 11.1 Å².